The van der Waals surface area contributed by atoms with Crippen LogP contribution in [0.4, 0.5) is 17.6 Å². The second-order valence-electron chi connectivity index (χ2n) is 21.7. The van der Waals surface area contributed by atoms with Crippen LogP contribution in [-0.2, 0) is 67.8 Å². The first-order valence-electron chi connectivity index (χ1n) is 29.0. The molecule has 2 aromatic heterocycles. The zero-order chi connectivity index (χ0) is 66.1. The fraction of sp³-hybridized carbons (Fsp3) is 0.194. The number of methoxy groups -OCH3 is 2. The van der Waals surface area contributed by atoms with Crippen molar-refractivity contribution in [2.75, 3.05) is 14.2 Å². The van der Waals surface area contributed by atoms with Crippen LogP contribution in [0.3, 0.4) is 0 Å². The standard InChI is InChI=1S/C36H29F2NO5.C19H16F2O3.C16H13ClN2O2.CH2O3.2K.H/c1-42-32-20-27-29(21-33(32)43-22-24-5-3-2-4-6-24)39-16-13-30(27)44-31-12-9-25(17-28(31)38)19-35(41)36(14-15-36)34(40)18-23-7-10-26(37)11-8-23;20-14-4-1-12(2-5-14)10-17(23)19(7-8-19)18(24)11-13-3-6-16(22)15(21)9-13;1-20-14-7-12-13(18-10-19-16(12)17)8-15(14)21-9-11-5-3-2-4-6-11;2-1-4-3;;;/h2-13,16-17,20-21H,14-15,18-19,22H2,1H3;1-6,9,22H,7-8,10-11H2;2-8,10H,9H2,1H3;1,3H;;;/q;;;;2*+1;-1/p-1. The van der Waals surface area contributed by atoms with E-state index in [1.807, 2.05) is 66.7 Å². The number of aromatic nitrogens is 3. The number of hydrogen-bond acceptors (Lipinski definition) is 16. The van der Waals surface area contributed by atoms with E-state index in [2.05, 4.69) is 19.8 Å². The minimum Gasteiger partial charge on any atom is -1.00 e. The van der Waals surface area contributed by atoms with Crippen molar-refractivity contribution in [3.05, 3.63) is 250 Å². The van der Waals surface area contributed by atoms with Crippen LogP contribution >= 0.6 is 11.6 Å². The van der Waals surface area contributed by atoms with Gasteiger partial charge in [-0.15, -0.1) is 0 Å². The molecule has 1 N–H and O–H groups in total. The van der Waals surface area contributed by atoms with Crippen LogP contribution in [0.5, 0.6) is 40.2 Å². The number of pyridine rings is 1. The largest absolute Gasteiger partial charge is 1.00 e. The topological polar surface area (TPSA) is 223 Å². The number of ketones is 4. The number of phenols is 1. The minimum absolute atomic E-state index is 0. The van der Waals surface area contributed by atoms with Crippen molar-refractivity contribution in [3.8, 4) is 40.2 Å². The van der Waals surface area contributed by atoms with Crippen molar-refractivity contribution in [2.24, 2.45) is 10.8 Å². The van der Waals surface area contributed by atoms with Gasteiger partial charge < -0.3 is 40.4 Å². The van der Waals surface area contributed by atoms with Crippen LogP contribution in [0.2, 0.25) is 5.15 Å². The molecule has 0 saturated heterocycles. The number of aromatic hydroxyl groups is 1. The van der Waals surface area contributed by atoms with Gasteiger partial charge in [-0.1, -0.05) is 109 Å². The first-order chi connectivity index (χ1) is 44.9. The Kier molecular flexibility index (Phi) is 28.2. The normalized spacial score (nSPS) is 12.5. The second-order valence-corrected chi connectivity index (χ2v) is 22.1. The molecule has 95 heavy (non-hydrogen) atoms. The summed E-state index contributed by atoms with van der Waals surface area (Å²) in [6.07, 6.45) is 4.92. The summed E-state index contributed by atoms with van der Waals surface area (Å²) < 4.78 is 83.5. The van der Waals surface area contributed by atoms with E-state index >= 15 is 4.39 Å². The monoisotopic (exact) mass is 1360 g/mol. The Labute approximate surface area is 635 Å². The number of carbonyl (C=O) groups excluding carboxylic acids is 5. The summed E-state index contributed by atoms with van der Waals surface area (Å²) in [5.74, 6) is -0.947. The van der Waals surface area contributed by atoms with Crippen LogP contribution in [0.15, 0.2) is 188 Å². The van der Waals surface area contributed by atoms with Crippen molar-refractivity contribution >= 4 is 63.0 Å². The van der Waals surface area contributed by atoms with Crippen molar-refractivity contribution < 1.29 is 185 Å². The smallest absolute Gasteiger partial charge is 1.00 e. The summed E-state index contributed by atoms with van der Waals surface area (Å²) >= 11 is 6.06. The molecule has 2 aliphatic carbocycles. The van der Waals surface area contributed by atoms with Gasteiger partial charge in [-0.25, -0.2) is 27.5 Å². The van der Waals surface area contributed by atoms with E-state index < -0.39 is 28.2 Å². The van der Waals surface area contributed by atoms with Crippen LogP contribution in [0, 0.1) is 34.1 Å². The summed E-state index contributed by atoms with van der Waals surface area (Å²) in [6, 6.07) is 47.8. The van der Waals surface area contributed by atoms with E-state index in [9.17, 15) is 37.5 Å². The van der Waals surface area contributed by atoms with Crippen LogP contribution in [0.1, 0.15) is 60.5 Å². The maximum absolute atomic E-state index is 15.3. The van der Waals surface area contributed by atoms with E-state index in [1.165, 1.54) is 74.1 Å². The Bertz CT molecular complexity index is 4310. The maximum atomic E-state index is 15.3. The fourth-order valence-corrected chi connectivity index (χ4v) is 10.3. The van der Waals surface area contributed by atoms with Gasteiger partial charge in [-0.2, -0.15) is 0 Å². The molecule has 8 aromatic carbocycles. The number of phenolic OH excluding ortho intramolecular Hbond substituents is 1. The molecule has 16 nitrogen and oxygen atoms in total. The predicted molar refractivity (Wildman–Crippen MR) is 335 cm³/mol. The zero-order valence-corrected chi connectivity index (χ0v) is 59.1. The number of carbonyl (C=O) groups is 5. The number of fused-ring (bicyclic) bond motifs is 2. The third-order valence-corrected chi connectivity index (χ3v) is 15.8. The molecule has 12 rings (SSSR count). The van der Waals surface area contributed by atoms with Crippen LogP contribution < -0.4 is 132 Å². The molecule has 0 bridgehead atoms. The number of nitrogens with zero attached hydrogens (tertiary/aromatic N) is 3. The molecule has 0 radical (unpaired) electrons. The summed E-state index contributed by atoms with van der Waals surface area (Å²) in [5, 5.41) is 19.3. The molecule has 0 amide bonds. The third kappa shape index (κ3) is 20.1. The molecule has 478 valence electrons. The SMILES string of the molecule is COc1cc2c(Cl)ncnc2cc1OCc1ccccc1.COc1cc2c(Oc3ccc(CC(=O)C4(C(=O)Cc5ccc(F)cc5)CC4)cc3F)ccnc2cc1OCc1ccccc1.O=C(Cc1ccc(F)cc1)C1(C(=O)Cc2ccc(O)c(F)c2)CC1.O=CO[O-].[H-].[K+].[K+]. The molecule has 10 aromatic rings. The Balaban J connectivity index is 0.000000237. The first-order valence-corrected chi connectivity index (χ1v) is 29.4. The summed E-state index contributed by atoms with van der Waals surface area (Å²) in [7, 11) is 3.13. The molecule has 2 aliphatic rings. The number of ether oxygens (including phenoxy) is 5. The predicted octanol–water partition coefficient (Wildman–Crippen LogP) is 7.40. The summed E-state index contributed by atoms with van der Waals surface area (Å²) in [6.45, 7) is 0.629. The van der Waals surface area contributed by atoms with Crippen molar-refractivity contribution in [1.29, 1.82) is 0 Å². The van der Waals surface area contributed by atoms with Gasteiger partial charge in [0.25, 0.3) is 6.47 Å². The van der Waals surface area contributed by atoms with E-state index in [-0.39, 0.29) is 177 Å². The third-order valence-electron chi connectivity index (χ3n) is 15.5. The summed E-state index contributed by atoms with van der Waals surface area (Å²) in [4.78, 5) is 75.0. The number of halogens is 5. The molecule has 2 heterocycles. The molecule has 23 heteroatoms. The Morgan fingerprint density at radius 3 is 1.36 bits per heavy atom. The first kappa shape index (κ1) is 75.1. The van der Waals surface area contributed by atoms with Gasteiger partial charge in [-0.05, 0) is 126 Å². The van der Waals surface area contributed by atoms with Gasteiger partial charge >= 0.3 is 103 Å². The Morgan fingerprint density at radius 1 is 0.505 bits per heavy atom. The van der Waals surface area contributed by atoms with Gasteiger partial charge in [-0.3, -0.25) is 29.0 Å². The Morgan fingerprint density at radius 2 is 0.926 bits per heavy atom. The van der Waals surface area contributed by atoms with E-state index in [0.29, 0.717) is 106 Å². The number of benzene rings is 8. The fourth-order valence-electron chi connectivity index (χ4n) is 10.1. The number of Topliss-reactive ketones (excluding diaryl/α,β-unsaturated/α-hetero) is 4. The number of hydrogen-bond donors (Lipinski definition) is 1. The molecule has 2 fully saturated rings. The molecular formula is C72H60ClF4K2N3O13. The van der Waals surface area contributed by atoms with Crippen molar-refractivity contribution in [3.63, 3.8) is 0 Å². The molecular weight excluding hydrogens is 1300 g/mol. The zero-order valence-electron chi connectivity index (χ0n) is 53.1. The van der Waals surface area contributed by atoms with Gasteiger partial charge in [0.05, 0.1) is 36.1 Å². The molecule has 2 saturated carbocycles. The molecule has 0 unspecified atom stereocenters. The van der Waals surface area contributed by atoms with Crippen molar-refractivity contribution in [1.82, 2.24) is 15.0 Å². The quantitative estimate of drug-likeness (QED) is 0.0125. The van der Waals surface area contributed by atoms with E-state index in [4.69, 9.17) is 45.3 Å². The average molecular weight is 1360 g/mol. The minimum atomic E-state index is -1.06. The molecule has 0 aliphatic heterocycles. The van der Waals surface area contributed by atoms with Crippen LogP contribution in [-0.4, -0.2) is 63.9 Å². The molecule has 0 spiro atoms. The van der Waals surface area contributed by atoms with Gasteiger partial charge in [0.15, 0.2) is 69.3 Å². The Hall–Kier alpha value is -7.30. The second kappa shape index (κ2) is 35.6. The van der Waals surface area contributed by atoms with Gasteiger partial charge in [0.2, 0.25) is 0 Å². The van der Waals surface area contributed by atoms with E-state index in [1.54, 1.807) is 55.8 Å². The van der Waals surface area contributed by atoms with Gasteiger partial charge in [0, 0.05) is 54.8 Å². The van der Waals surface area contributed by atoms with Crippen LogP contribution in [0.25, 0.3) is 21.8 Å². The van der Waals surface area contributed by atoms with E-state index in [0.717, 1.165) is 28.1 Å². The molecule has 0 atom stereocenters. The number of rotatable bonds is 23. The van der Waals surface area contributed by atoms with Gasteiger partial charge in [0.1, 0.15) is 42.1 Å². The average Bonchev–Trinajstić information content (AvgIpc) is 1.43. The summed E-state index contributed by atoms with van der Waals surface area (Å²) in [5.41, 5.74) is 3.52. The maximum Gasteiger partial charge on any atom is 1.00 e. The van der Waals surface area contributed by atoms with Crippen molar-refractivity contribution in [2.45, 2.75) is 64.6 Å².